The molecule has 0 saturated carbocycles. The highest BCUT2D eigenvalue weighted by Crippen LogP contribution is 2.36. The predicted octanol–water partition coefficient (Wildman–Crippen LogP) is 2.06. The molecule has 1 aliphatic rings. The second-order valence-corrected chi connectivity index (χ2v) is 5.32. The van der Waals surface area contributed by atoms with Gasteiger partial charge in [0.15, 0.2) is 0 Å². The molecule has 1 heterocycles. The molecule has 0 aliphatic carbocycles. The van der Waals surface area contributed by atoms with Gasteiger partial charge >= 0.3 is 5.97 Å². The van der Waals surface area contributed by atoms with E-state index in [-0.39, 0.29) is 12.6 Å². The van der Waals surface area contributed by atoms with Crippen LogP contribution >= 0.6 is 11.6 Å². The zero-order chi connectivity index (χ0) is 14.7. The fraction of sp³-hybridized carbons (Fsp3) is 0.500. The second kappa shape index (κ2) is 6.33. The fourth-order valence-corrected chi connectivity index (χ4v) is 3.00. The lowest BCUT2D eigenvalue weighted by Crippen LogP contribution is -2.42. The van der Waals surface area contributed by atoms with Gasteiger partial charge in [-0.1, -0.05) is 11.6 Å². The normalized spacial score (nSPS) is 18.9. The van der Waals surface area contributed by atoms with Crippen LogP contribution in [0.4, 0.5) is 11.4 Å². The van der Waals surface area contributed by atoms with Gasteiger partial charge in [0.05, 0.1) is 36.0 Å². The van der Waals surface area contributed by atoms with Gasteiger partial charge in [-0.05, 0) is 31.4 Å². The second-order valence-electron chi connectivity index (χ2n) is 4.92. The average Bonchev–Trinajstić information content (AvgIpc) is 2.45. The number of esters is 1. The Labute approximate surface area is 123 Å². The first-order valence-corrected chi connectivity index (χ1v) is 7.01. The van der Waals surface area contributed by atoms with E-state index >= 15 is 0 Å². The molecule has 1 fully saturated rings. The Morgan fingerprint density at radius 3 is 2.95 bits per heavy atom. The summed E-state index contributed by atoms with van der Waals surface area (Å²) in [4.78, 5) is 13.9. The number of ether oxygens (including phenoxy) is 1. The number of rotatable bonds is 3. The quantitative estimate of drug-likeness (QED) is 0.660. The predicted molar refractivity (Wildman–Crippen MR) is 79.3 cm³/mol. The minimum Gasteiger partial charge on any atom is -0.465 e. The van der Waals surface area contributed by atoms with Crippen molar-refractivity contribution in [2.75, 3.05) is 30.9 Å². The van der Waals surface area contributed by atoms with Crippen molar-refractivity contribution in [2.24, 2.45) is 0 Å². The molecule has 1 aromatic carbocycles. The number of anilines is 2. The number of carbonyl (C=O) groups is 1. The van der Waals surface area contributed by atoms with Crippen LogP contribution in [0.5, 0.6) is 0 Å². The molecule has 1 atom stereocenters. The molecule has 1 aliphatic heterocycles. The highest BCUT2D eigenvalue weighted by molar-refractivity contribution is 6.34. The van der Waals surface area contributed by atoms with E-state index in [0.29, 0.717) is 22.0 Å². The number of aliphatic hydroxyl groups excluding tert-OH is 1. The number of nitrogens with two attached hydrogens (primary N) is 1. The molecule has 2 rings (SSSR count). The summed E-state index contributed by atoms with van der Waals surface area (Å²) in [6, 6.07) is 3.15. The number of nitrogens with zero attached hydrogens (tertiary/aromatic N) is 1. The van der Waals surface area contributed by atoms with Crippen LogP contribution in [0.1, 0.15) is 29.6 Å². The monoisotopic (exact) mass is 298 g/mol. The molecule has 3 N–H and O–H groups in total. The van der Waals surface area contributed by atoms with Crippen molar-refractivity contribution in [1.29, 1.82) is 0 Å². The van der Waals surface area contributed by atoms with Crippen molar-refractivity contribution in [1.82, 2.24) is 0 Å². The van der Waals surface area contributed by atoms with Crippen LogP contribution in [-0.2, 0) is 4.74 Å². The van der Waals surface area contributed by atoms with E-state index in [1.54, 1.807) is 12.1 Å². The molecule has 0 aromatic heterocycles. The van der Waals surface area contributed by atoms with Gasteiger partial charge in [-0.15, -0.1) is 0 Å². The van der Waals surface area contributed by atoms with Crippen LogP contribution in [-0.4, -0.2) is 37.4 Å². The van der Waals surface area contributed by atoms with Crippen LogP contribution < -0.4 is 10.6 Å². The Bertz CT molecular complexity index is 507. The van der Waals surface area contributed by atoms with Gasteiger partial charge in [0.2, 0.25) is 0 Å². The molecule has 0 amide bonds. The summed E-state index contributed by atoms with van der Waals surface area (Å²) in [6.45, 7) is 0.778. The summed E-state index contributed by atoms with van der Waals surface area (Å²) in [5.41, 5.74) is 7.12. The summed E-state index contributed by atoms with van der Waals surface area (Å²) in [7, 11) is 1.32. The summed E-state index contributed by atoms with van der Waals surface area (Å²) >= 11 is 6.28. The van der Waals surface area contributed by atoms with Gasteiger partial charge in [0, 0.05) is 12.2 Å². The van der Waals surface area contributed by atoms with Gasteiger partial charge in [0.1, 0.15) is 0 Å². The van der Waals surface area contributed by atoms with Crippen molar-refractivity contribution >= 4 is 28.9 Å². The molecule has 0 spiro atoms. The van der Waals surface area contributed by atoms with Gasteiger partial charge < -0.3 is 20.5 Å². The van der Waals surface area contributed by atoms with Crippen molar-refractivity contribution in [3.63, 3.8) is 0 Å². The lowest BCUT2D eigenvalue weighted by atomic mass is 10.00. The molecule has 0 radical (unpaired) electrons. The van der Waals surface area contributed by atoms with Crippen molar-refractivity contribution in [2.45, 2.75) is 25.3 Å². The minimum atomic E-state index is -0.475. The number of hydrogen-bond donors (Lipinski definition) is 2. The lowest BCUT2D eigenvalue weighted by Gasteiger charge is -2.38. The number of benzene rings is 1. The van der Waals surface area contributed by atoms with Crippen molar-refractivity contribution in [3.8, 4) is 0 Å². The third kappa shape index (κ3) is 2.83. The molecule has 6 heteroatoms. The first-order chi connectivity index (χ1) is 9.58. The number of methoxy groups -OCH3 is 1. The number of hydrogen-bond acceptors (Lipinski definition) is 5. The summed E-state index contributed by atoms with van der Waals surface area (Å²) in [5.74, 6) is -0.475. The average molecular weight is 299 g/mol. The summed E-state index contributed by atoms with van der Waals surface area (Å²) in [6.07, 6.45) is 2.93. The molecule has 0 bridgehead atoms. The minimum absolute atomic E-state index is 0.0291. The number of halogens is 1. The molecule has 20 heavy (non-hydrogen) atoms. The van der Waals surface area contributed by atoms with Crippen LogP contribution in [0.2, 0.25) is 5.02 Å². The van der Waals surface area contributed by atoms with E-state index in [9.17, 15) is 9.90 Å². The fourth-order valence-electron chi connectivity index (χ4n) is 2.66. The Kier molecular flexibility index (Phi) is 4.73. The molecule has 1 aromatic rings. The summed E-state index contributed by atoms with van der Waals surface area (Å²) in [5, 5.41) is 9.94. The first-order valence-electron chi connectivity index (χ1n) is 6.63. The van der Waals surface area contributed by atoms with E-state index in [2.05, 4.69) is 0 Å². The Hall–Kier alpha value is -1.46. The van der Waals surface area contributed by atoms with Crippen LogP contribution in [0.3, 0.4) is 0 Å². The number of piperidine rings is 1. The number of nitrogen functional groups attached to an aromatic ring is 1. The van der Waals surface area contributed by atoms with E-state index in [0.717, 1.165) is 25.8 Å². The standard InChI is InChI=1S/C14H19ClN2O3/c1-20-14(19)11-6-9(16)7-12(15)13(11)17-5-3-2-4-10(17)8-18/h6-7,10,18H,2-5,8,16H2,1H3. The SMILES string of the molecule is COC(=O)c1cc(N)cc(Cl)c1N1CCCCC1CO. The van der Waals surface area contributed by atoms with Crippen LogP contribution in [0, 0.1) is 0 Å². The maximum atomic E-state index is 12.0. The molecular formula is C14H19ClN2O3. The summed E-state index contributed by atoms with van der Waals surface area (Å²) < 4.78 is 4.80. The van der Waals surface area contributed by atoms with E-state index < -0.39 is 5.97 Å². The zero-order valence-electron chi connectivity index (χ0n) is 11.4. The van der Waals surface area contributed by atoms with Crippen molar-refractivity contribution in [3.05, 3.63) is 22.7 Å². The third-order valence-corrected chi connectivity index (χ3v) is 3.90. The molecule has 110 valence electrons. The molecule has 5 nitrogen and oxygen atoms in total. The highest BCUT2D eigenvalue weighted by Gasteiger charge is 2.28. The van der Waals surface area contributed by atoms with Gasteiger partial charge in [0.25, 0.3) is 0 Å². The van der Waals surface area contributed by atoms with Crippen molar-refractivity contribution < 1.29 is 14.6 Å². The first kappa shape index (κ1) is 14.9. The maximum Gasteiger partial charge on any atom is 0.340 e. The molecule has 1 saturated heterocycles. The Morgan fingerprint density at radius 1 is 1.55 bits per heavy atom. The Balaban J connectivity index is 2.50. The lowest BCUT2D eigenvalue weighted by molar-refractivity contribution is 0.0601. The largest absolute Gasteiger partial charge is 0.465 e. The van der Waals surface area contributed by atoms with Crippen LogP contribution in [0.25, 0.3) is 0 Å². The molecular weight excluding hydrogens is 280 g/mol. The molecule has 1 unspecified atom stereocenters. The zero-order valence-corrected chi connectivity index (χ0v) is 12.2. The van der Waals surface area contributed by atoms with E-state index in [1.807, 2.05) is 4.90 Å². The maximum absolute atomic E-state index is 12.0. The van der Waals surface area contributed by atoms with E-state index in [4.69, 9.17) is 22.1 Å². The smallest absolute Gasteiger partial charge is 0.340 e. The number of aliphatic hydroxyl groups is 1. The topological polar surface area (TPSA) is 75.8 Å². The van der Waals surface area contributed by atoms with Gasteiger partial charge in [-0.2, -0.15) is 0 Å². The third-order valence-electron chi connectivity index (χ3n) is 3.62. The van der Waals surface area contributed by atoms with Crippen LogP contribution in [0.15, 0.2) is 12.1 Å². The Morgan fingerprint density at radius 2 is 2.30 bits per heavy atom. The van der Waals surface area contributed by atoms with E-state index in [1.165, 1.54) is 7.11 Å². The number of carbonyl (C=O) groups excluding carboxylic acids is 1. The van der Waals surface area contributed by atoms with Gasteiger partial charge in [-0.3, -0.25) is 0 Å². The van der Waals surface area contributed by atoms with Gasteiger partial charge in [-0.25, -0.2) is 4.79 Å². The highest BCUT2D eigenvalue weighted by atomic mass is 35.5.